The van der Waals surface area contributed by atoms with E-state index in [-0.39, 0.29) is 35.8 Å². The van der Waals surface area contributed by atoms with Crippen molar-refractivity contribution in [2.45, 2.75) is 25.0 Å². The second-order valence-electron chi connectivity index (χ2n) is 6.75. The summed E-state index contributed by atoms with van der Waals surface area (Å²) in [6.07, 6.45) is 2.37. The SMILES string of the molecule is O=C1NNC2C1CN(CC1CCCO1)CC2C(=O)NC1=NCCS1. The number of hydrazine groups is 1. The van der Waals surface area contributed by atoms with Gasteiger partial charge in [0.05, 0.1) is 30.5 Å². The fraction of sp³-hybridized carbons (Fsp3) is 0.800. The number of rotatable bonds is 3. The second kappa shape index (κ2) is 6.99. The molecule has 0 aromatic heterocycles. The quantitative estimate of drug-likeness (QED) is 0.598. The molecule has 4 unspecified atom stereocenters. The number of ether oxygens (including phenoxy) is 1. The summed E-state index contributed by atoms with van der Waals surface area (Å²) in [5, 5.41) is 3.63. The highest BCUT2D eigenvalue weighted by Crippen LogP contribution is 2.27. The van der Waals surface area contributed by atoms with Gasteiger partial charge < -0.3 is 10.1 Å². The van der Waals surface area contributed by atoms with Crippen molar-refractivity contribution in [1.29, 1.82) is 0 Å². The van der Waals surface area contributed by atoms with Crippen LogP contribution in [0, 0.1) is 11.8 Å². The van der Waals surface area contributed by atoms with Crippen LogP contribution in [0.25, 0.3) is 0 Å². The number of carbonyl (C=O) groups excluding carboxylic acids is 2. The Balaban J connectivity index is 1.45. The van der Waals surface area contributed by atoms with E-state index in [9.17, 15) is 9.59 Å². The molecule has 3 saturated heterocycles. The number of fused-ring (bicyclic) bond motifs is 1. The molecule has 0 aromatic carbocycles. The highest BCUT2D eigenvalue weighted by molar-refractivity contribution is 8.14. The molecule has 8 nitrogen and oxygen atoms in total. The van der Waals surface area contributed by atoms with Crippen LogP contribution in [-0.4, -0.2) is 72.6 Å². The molecule has 3 N–H and O–H groups in total. The summed E-state index contributed by atoms with van der Waals surface area (Å²) in [6.45, 7) is 3.65. The first-order valence-electron chi connectivity index (χ1n) is 8.58. The highest BCUT2D eigenvalue weighted by Gasteiger charge is 2.48. The third-order valence-corrected chi connectivity index (χ3v) is 6.01. The van der Waals surface area contributed by atoms with E-state index in [2.05, 4.69) is 26.1 Å². The third-order valence-electron chi connectivity index (χ3n) is 5.11. The number of hydrogen-bond acceptors (Lipinski definition) is 7. The molecule has 0 radical (unpaired) electrons. The summed E-state index contributed by atoms with van der Waals surface area (Å²) < 4.78 is 5.72. The van der Waals surface area contributed by atoms with Crippen LogP contribution in [0.1, 0.15) is 12.8 Å². The molecule has 4 aliphatic rings. The fourth-order valence-corrected chi connectivity index (χ4v) is 4.64. The molecule has 0 saturated carbocycles. The molecule has 24 heavy (non-hydrogen) atoms. The number of nitrogens with zero attached hydrogens (tertiary/aromatic N) is 2. The Morgan fingerprint density at radius 2 is 2.38 bits per heavy atom. The normalized spacial score (nSPS) is 36.3. The van der Waals surface area contributed by atoms with Crippen molar-refractivity contribution in [1.82, 2.24) is 21.1 Å². The Morgan fingerprint density at radius 1 is 1.46 bits per heavy atom. The van der Waals surface area contributed by atoms with Gasteiger partial charge in [0, 0.05) is 32.0 Å². The zero-order valence-electron chi connectivity index (χ0n) is 13.5. The van der Waals surface area contributed by atoms with Crippen LogP contribution in [-0.2, 0) is 14.3 Å². The van der Waals surface area contributed by atoms with Crippen LogP contribution in [0.15, 0.2) is 4.99 Å². The van der Waals surface area contributed by atoms with Gasteiger partial charge in [0.25, 0.3) is 0 Å². The predicted octanol–water partition coefficient (Wildman–Crippen LogP) is -1.06. The number of nitrogens with one attached hydrogen (secondary N) is 3. The summed E-state index contributed by atoms with van der Waals surface area (Å²) in [6, 6.07) is -0.162. The summed E-state index contributed by atoms with van der Waals surface area (Å²) in [4.78, 5) is 31.3. The van der Waals surface area contributed by atoms with E-state index in [1.54, 1.807) is 11.8 Å². The molecule has 0 aromatic rings. The molecule has 2 amide bonds. The Bertz CT molecular complexity index is 551. The van der Waals surface area contributed by atoms with E-state index in [0.717, 1.165) is 38.3 Å². The van der Waals surface area contributed by atoms with Gasteiger partial charge >= 0.3 is 0 Å². The fourth-order valence-electron chi connectivity index (χ4n) is 3.91. The summed E-state index contributed by atoms with van der Waals surface area (Å²) in [7, 11) is 0. The highest BCUT2D eigenvalue weighted by atomic mass is 32.2. The molecule has 132 valence electrons. The van der Waals surface area contributed by atoms with Gasteiger partial charge in [0.1, 0.15) is 0 Å². The van der Waals surface area contributed by atoms with E-state index < -0.39 is 0 Å². The van der Waals surface area contributed by atoms with E-state index in [4.69, 9.17) is 4.74 Å². The van der Waals surface area contributed by atoms with Crippen LogP contribution >= 0.6 is 11.8 Å². The van der Waals surface area contributed by atoms with Crippen molar-refractivity contribution in [3.63, 3.8) is 0 Å². The minimum atomic E-state index is -0.284. The average Bonchev–Trinajstić information content (AvgIpc) is 3.31. The van der Waals surface area contributed by atoms with Gasteiger partial charge in [-0.1, -0.05) is 11.8 Å². The molecule has 0 aliphatic carbocycles. The lowest BCUT2D eigenvalue weighted by atomic mass is 9.84. The van der Waals surface area contributed by atoms with E-state index in [1.807, 2.05) is 0 Å². The van der Waals surface area contributed by atoms with Gasteiger partial charge in [-0.3, -0.25) is 24.9 Å². The standard InChI is InChI=1S/C15H23N5O3S/c21-13(17-15-16-3-5-24-15)10-7-20(6-9-2-1-4-23-9)8-11-12(10)18-19-14(11)22/h9-12,18H,1-8H2,(H,19,22)(H,16,17,21). The van der Waals surface area contributed by atoms with Crippen LogP contribution in [0.3, 0.4) is 0 Å². The zero-order chi connectivity index (χ0) is 16.5. The first-order valence-corrected chi connectivity index (χ1v) is 9.57. The van der Waals surface area contributed by atoms with Crippen LogP contribution in [0.2, 0.25) is 0 Å². The second-order valence-corrected chi connectivity index (χ2v) is 7.83. The maximum absolute atomic E-state index is 12.7. The number of piperidine rings is 1. The van der Waals surface area contributed by atoms with Crippen molar-refractivity contribution in [3.05, 3.63) is 0 Å². The van der Waals surface area contributed by atoms with Gasteiger partial charge in [0.15, 0.2) is 5.17 Å². The van der Waals surface area contributed by atoms with Crippen molar-refractivity contribution < 1.29 is 14.3 Å². The number of aliphatic imine (C=N–C) groups is 1. The monoisotopic (exact) mass is 353 g/mol. The summed E-state index contributed by atoms with van der Waals surface area (Å²) in [5.74, 6) is 0.346. The number of hydrogen-bond donors (Lipinski definition) is 3. The molecule has 4 atom stereocenters. The van der Waals surface area contributed by atoms with E-state index in [0.29, 0.717) is 18.3 Å². The van der Waals surface area contributed by atoms with Crippen molar-refractivity contribution in [2.75, 3.05) is 38.5 Å². The number of amides is 2. The summed E-state index contributed by atoms with van der Waals surface area (Å²) in [5.41, 5.74) is 5.71. The number of carbonyl (C=O) groups is 2. The van der Waals surface area contributed by atoms with Gasteiger partial charge in [-0.2, -0.15) is 0 Å². The number of amidine groups is 1. The first kappa shape index (κ1) is 16.3. The van der Waals surface area contributed by atoms with Crippen molar-refractivity contribution in [3.8, 4) is 0 Å². The minimum absolute atomic E-state index is 0.0255. The Hall–Kier alpha value is -1.16. The molecule has 3 fully saturated rings. The maximum atomic E-state index is 12.7. The van der Waals surface area contributed by atoms with E-state index in [1.165, 1.54) is 0 Å². The molecule has 0 bridgehead atoms. The van der Waals surface area contributed by atoms with Gasteiger partial charge in [-0.25, -0.2) is 5.43 Å². The molecule has 4 heterocycles. The maximum Gasteiger partial charge on any atom is 0.240 e. The van der Waals surface area contributed by atoms with Crippen molar-refractivity contribution >= 4 is 28.7 Å². The van der Waals surface area contributed by atoms with Crippen LogP contribution < -0.4 is 16.2 Å². The number of likely N-dealkylation sites (tertiary alicyclic amines) is 1. The van der Waals surface area contributed by atoms with Gasteiger partial charge in [-0.15, -0.1) is 0 Å². The molecular formula is C15H23N5O3S. The lowest BCUT2D eigenvalue weighted by Crippen LogP contribution is -2.58. The molecule has 0 spiro atoms. The predicted molar refractivity (Wildman–Crippen MR) is 90.4 cm³/mol. The Labute approximate surface area is 145 Å². The molecule has 9 heteroatoms. The average molecular weight is 353 g/mol. The minimum Gasteiger partial charge on any atom is -0.377 e. The van der Waals surface area contributed by atoms with Gasteiger partial charge in [-0.05, 0) is 12.8 Å². The zero-order valence-corrected chi connectivity index (χ0v) is 14.3. The Morgan fingerprint density at radius 3 is 3.12 bits per heavy atom. The lowest BCUT2D eigenvalue weighted by molar-refractivity contribution is -0.129. The smallest absolute Gasteiger partial charge is 0.240 e. The number of thioether (sulfide) groups is 1. The molecular weight excluding hydrogens is 330 g/mol. The van der Waals surface area contributed by atoms with Gasteiger partial charge in [0.2, 0.25) is 11.8 Å². The van der Waals surface area contributed by atoms with Crippen LogP contribution in [0.5, 0.6) is 0 Å². The lowest BCUT2D eigenvalue weighted by Gasteiger charge is -2.39. The summed E-state index contributed by atoms with van der Waals surface area (Å²) >= 11 is 1.57. The third kappa shape index (κ3) is 3.30. The van der Waals surface area contributed by atoms with Crippen LogP contribution in [0.4, 0.5) is 0 Å². The molecule has 4 aliphatic heterocycles. The Kier molecular flexibility index (Phi) is 4.75. The topological polar surface area (TPSA) is 95.1 Å². The largest absolute Gasteiger partial charge is 0.377 e. The molecule has 4 rings (SSSR count). The first-order chi connectivity index (χ1) is 11.7. The van der Waals surface area contributed by atoms with E-state index >= 15 is 0 Å². The van der Waals surface area contributed by atoms with Crippen molar-refractivity contribution in [2.24, 2.45) is 16.8 Å².